The van der Waals surface area contributed by atoms with Gasteiger partial charge in [-0.1, -0.05) is 0 Å². The van der Waals surface area contributed by atoms with Gasteiger partial charge in [0.25, 0.3) is 0 Å². The van der Waals surface area contributed by atoms with Gasteiger partial charge in [-0.05, 0) is 14.2 Å². The summed E-state index contributed by atoms with van der Waals surface area (Å²) in [4.78, 5) is 20.1. The molecule has 0 spiro atoms. The van der Waals surface area contributed by atoms with Crippen molar-refractivity contribution < 1.29 is 23.4 Å². The van der Waals surface area contributed by atoms with Gasteiger partial charge in [-0.3, -0.25) is 0 Å². The van der Waals surface area contributed by atoms with Crippen LogP contribution in [0.25, 0.3) is 0 Å². The van der Waals surface area contributed by atoms with Crippen molar-refractivity contribution in [1.29, 1.82) is 0 Å². The molecule has 0 radical (unpaired) electrons. The Morgan fingerprint density at radius 2 is 1.22 bits per heavy atom. The van der Waals surface area contributed by atoms with Crippen molar-refractivity contribution in [2.75, 3.05) is 0 Å². The van der Waals surface area contributed by atoms with Crippen LogP contribution in [0.3, 0.4) is 0 Å². The van der Waals surface area contributed by atoms with E-state index in [1.165, 1.54) is 0 Å². The Labute approximate surface area is 45.5 Å². The van der Waals surface area contributed by atoms with Crippen LogP contribution in [-0.4, -0.2) is 0 Å². The smallest absolute Gasteiger partial charge is 0.233 e. The maximum atomic E-state index is 10.0. The highest BCUT2D eigenvalue weighted by Crippen LogP contribution is 1.68. The molecule has 7 nitrogen and oxygen atoms in total. The fraction of sp³-hybridized carbons (Fsp3) is 0. The normalized spacial score (nSPS) is 8.89. The fourth-order valence-electron chi connectivity index (χ4n) is 0.169. The van der Waals surface area contributed by atoms with Gasteiger partial charge in [-0.2, -0.15) is 9.15 Å². The summed E-state index contributed by atoms with van der Waals surface area (Å²) < 4.78 is 17.5. The highest BCUT2D eigenvalue weighted by atomic mass is 17.4. The Morgan fingerprint density at radius 3 is 1.67 bits per heavy atom. The molecule has 1 rings (SSSR count). The van der Waals surface area contributed by atoms with Gasteiger partial charge in [0, 0.05) is 0 Å². The van der Waals surface area contributed by atoms with Crippen molar-refractivity contribution in [3.8, 4) is 0 Å². The summed E-state index contributed by atoms with van der Waals surface area (Å²) in [5, 5.41) is 0. The molecule has 50 valence electrons. The van der Waals surface area contributed by atoms with E-state index in [1.807, 2.05) is 0 Å². The summed E-state index contributed by atoms with van der Waals surface area (Å²) in [5.41, 5.74) is -2.71. The van der Waals surface area contributed by atoms with Crippen LogP contribution >= 0.6 is 0 Å². The van der Waals surface area contributed by atoms with Crippen LogP contribution in [0, 0.1) is 0 Å². The number of rotatable bonds is 0. The van der Waals surface area contributed by atoms with Crippen LogP contribution in [0.4, 0.5) is 0 Å². The van der Waals surface area contributed by atoms with Crippen LogP contribution in [0.5, 0.6) is 0 Å². The molecule has 0 N–H and O–H groups in total. The molecular formula is C2O7. The molecule has 1 heterocycles. The summed E-state index contributed by atoms with van der Waals surface area (Å²) in [6, 6.07) is 0. The Balaban J connectivity index is 3.62. The van der Waals surface area contributed by atoms with Crippen molar-refractivity contribution in [2.45, 2.75) is 0 Å². The van der Waals surface area contributed by atoms with Gasteiger partial charge in [0.2, 0.25) is 0 Å². The van der Waals surface area contributed by atoms with Crippen LogP contribution in [0.2, 0.25) is 0 Å². The number of hydrogen-bond donors (Lipinski definition) is 0. The van der Waals surface area contributed by atoms with Gasteiger partial charge >= 0.3 is 11.3 Å². The van der Waals surface area contributed by atoms with E-state index >= 15 is 0 Å². The maximum absolute atomic E-state index is 10.0. The topological polar surface area (TPSA) is 99.8 Å². The van der Waals surface area contributed by atoms with Gasteiger partial charge in [0.15, 0.2) is 0 Å². The third-order valence-electron chi connectivity index (χ3n) is 0.442. The average Bonchev–Trinajstić information content (AvgIpc) is 1.99. The van der Waals surface area contributed by atoms with E-state index in [0.29, 0.717) is 0 Å². The van der Waals surface area contributed by atoms with Gasteiger partial charge < -0.3 is 0 Å². The monoisotopic (exact) mass is 136 g/mol. The number of hydrogen-bond acceptors (Lipinski definition) is 7. The molecule has 0 aliphatic rings. The van der Waals surface area contributed by atoms with E-state index < -0.39 is 11.3 Å². The minimum absolute atomic E-state index is 1.35. The first-order valence-corrected chi connectivity index (χ1v) is 1.73. The van der Waals surface area contributed by atoms with Crippen molar-refractivity contribution in [3.63, 3.8) is 0 Å². The zero-order valence-corrected chi connectivity index (χ0v) is 3.86. The first-order valence-electron chi connectivity index (χ1n) is 1.73. The second kappa shape index (κ2) is 2.07. The maximum Gasteiger partial charge on any atom is 0.471 e. The van der Waals surface area contributed by atoms with Crippen molar-refractivity contribution in [1.82, 2.24) is 0 Å². The second-order valence-corrected chi connectivity index (χ2v) is 0.946. The summed E-state index contributed by atoms with van der Waals surface area (Å²) in [6.45, 7) is 0. The van der Waals surface area contributed by atoms with E-state index in [1.54, 1.807) is 0 Å². The standard InChI is InChI=1S/C2O7/c3-1-2(4)6-8-9-7-5-1. The molecule has 7 heteroatoms. The second-order valence-electron chi connectivity index (χ2n) is 0.946. The predicted molar refractivity (Wildman–Crippen MR) is 17.9 cm³/mol. The Morgan fingerprint density at radius 1 is 0.778 bits per heavy atom. The van der Waals surface area contributed by atoms with E-state index in [0.717, 1.165) is 0 Å². The summed E-state index contributed by atoms with van der Waals surface area (Å²) in [7, 11) is 0. The molecule has 9 heavy (non-hydrogen) atoms. The van der Waals surface area contributed by atoms with Crippen molar-refractivity contribution >= 4 is 0 Å². The van der Waals surface area contributed by atoms with E-state index in [2.05, 4.69) is 23.4 Å². The zero-order chi connectivity index (χ0) is 6.69. The summed E-state index contributed by atoms with van der Waals surface area (Å²) in [6.07, 6.45) is 0. The molecule has 0 amide bonds. The Kier molecular flexibility index (Phi) is 1.26. The Bertz CT molecular complexity index is 268. The lowest BCUT2D eigenvalue weighted by atomic mass is 11.0. The molecule has 0 unspecified atom stereocenters. The van der Waals surface area contributed by atoms with Gasteiger partial charge in [-0.15, -0.1) is 0 Å². The first-order chi connectivity index (χ1) is 4.30. The quantitative estimate of drug-likeness (QED) is 0.349. The third-order valence-corrected chi connectivity index (χ3v) is 0.442. The van der Waals surface area contributed by atoms with E-state index in [-0.39, 0.29) is 0 Å². The lowest BCUT2D eigenvalue weighted by molar-refractivity contribution is -0.362. The van der Waals surface area contributed by atoms with Crippen molar-refractivity contribution in [3.05, 3.63) is 20.8 Å². The lowest BCUT2D eigenvalue weighted by Gasteiger charge is -1.53. The Hall–Kier alpha value is -1.66. The fourth-order valence-corrected chi connectivity index (χ4v) is 0.169. The molecule has 0 aliphatic carbocycles. The van der Waals surface area contributed by atoms with Crippen LogP contribution in [0.1, 0.15) is 0 Å². The van der Waals surface area contributed by atoms with Crippen LogP contribution in [-0.2, 0) is 0 Å². The highest BCUT2D eigenvalue weighted by Gasteiger charge is 1.94. The first kappa shape index (κ1) is 5.48. The largest absolute Gasteiger partial charge is 0.471 e. The molecule has 0 saturated carbocycles. The molecule has 1 aromatic rings. The van der Waals surface area contributed by atoms with Gasteiger partial charge in [0.05, 0.1) is 0 Å². The lowest BCUT2D eigenvalue weighted by Crippen LogP contribution is -2.17. The molecule has 0 saturated heterocycles. The minimum Gasteiger partial charge on any atom is -0.233 e. The zero-order valence-electron chi connectivity index (χ0n) is 3.86. The van der Waals surface area contributed by atoms with Crippen LogP contribution < -0.4 is 11.3 Å². The summed E-state index contributed by atoms with van der Waals surface area (Å²) in [5.74, 6) is 0. The van der Waals surface area contributed by atoms with Crippen LogP contribution in [0.15, 0.2) is 32.9 Å². The van der Waals surface area contributed by atoms with E-state index in [9.17, 15) is 9.59 Å². The molecule has 0 bridgehead atoms. The van der Waals surface area contributed by atoms with E-state index in [4.69, 9.17) is 0 Å². The SMILES string of the molecule is O=c1oooooc1=O. The molecule has 0 aromatic carbocycles. The highest BCUT2D eigenvalue weighted by molar-refractivity contribution is 4.52. The molecule has 0 aliphatic heterocycles. The predicted octanol–water partition coefficient (Wildman–Crippen LogP) is -0.504. The minimum atomic E-state index is -1.35. The molecule has 0 fully saturated rings. The third kappa shape index (κ3) is 1.12. The van der Waals surface area contributed by atoms with Gasteiger partial charge in [-0.25, -0.2) is 9.59 Å². The van der Waals surface area contributed by atoms with Gasteiger partial charge in [0.1, 0.15) is 0 Å². The summed E-state index contributed by atoms with van der Waals surface area (Å²) >= 11 is 0. The molecular weight excluding hydrogens is 136 g/mol. The molecule has 0 atom stereocenters. The average molecular weight is 136 g/mol. The molecule has 1 aromatic heterocycles. The van der Waals surface area contributed by atoms with Crippen molar-refractivity contribution in [2.24, 2.45) is 0 Å².